The van der Waals surface area contributed by atoms with Crippen molar-refractivity contribution in [2.75, 3.05) is 64.4 Å². The molecule has 3 aliphatic rings. The van der Waals surface area contributed by atoms with Gasteiger partial charge in [0.2, 0.25) is 0 Å². The van der Waals surface area contributed by atoms with Gasteiger partial charge >= 0.3 is 6.03 Å². The van der Waals surface area contributed by atoms with Crippen molar-refractivity contribution in [1.82, 2.24) is 30.4 Å². The number of ether oxygens (including phenoxy) is 1. The molecule has 2 amide bonds. The average molecular weight is 548 g/mol. The molecule has 0 bridgehead atoms. The Morgan fingerprint density at radius 1 is 1.05 bits per heavy atom. The molecule has 1 aromatic carbocycles. The molecular weight excluding hydrogens is 502 g/mol. The van der Waals surface area contributed by atoms with E-state index in [2.05, 4.69) is 68.3 Å². The number of hydrogen-bond acceptors (Lipinski definition) is 7. The molecule has 2 saturated heterocycles. The predicted molar refractivity (Wildman–Crippen MR) is 161 cm³/mol. The minimum absolute atomic E-state index is 0.102. The Hall–Kier alpha value is -3.17. The third kappa shape index (κ3) is 7.52. The Morgan fingerprint density at radius 2 is 1.85 bits per heavy atom. The largest absolute Gasteiger partial charge is 0.493 e. The van der Waals surface area contributed by atoms with Gasteiger partial charge in [-0.3, -0.25) is 0 Å². The number of piperazine rings is 1. The number of allylic oxidation sites excluding steroid dienone is 4. The third-order valence-electron chi connectivity index (χ3n) is 8.40. The summed E-state index contributed by atoms with van der Waals surface area (Å²) in [6, 6.07) is 6.18. The van der Waals surface area contributed by atoms with Crippen molar-refractivity contribution in [2.45, 2.75) is 52.0 Å². The number of carbonyl (C=O) groups is 1. The third-order valence-corrected chi connectivity index (χ3v) is 8.40. The monoisotopic (exact) mass is 547 g/mol. The first-order valence-corrected chi connectivity index (χ1v) is 14.9. The Balaban J connectivity index is 1.08. The lowest BCUT2D eigenvalue weighted by atomic mass is 9.93. The predicted octanol–water partition coefficient (Wildman–Crippen LogP) is 4.17. The van der Waals surface area contributed by atoms with Gasteiger partial charge in [0, 0.05) is 69.0 Å². The van der Waals surface area contributed by atoms with Gasteiger partial charge in [0.25, 0.3) is 0 Å². The number of carbonyl (C=O) groups excluding carboxylic acids is 1. The highest BCUT2D eigenvalue weighted by molar-refractivity contribution is 5.90. The van der Waals surface area contributed by atoms with Crippen LogP contribution in [0.15, 0.2) is 47.9 Å². The summed E-state index contributed by atoms with van der Waals surface area (Å²) in [6.07, 6.45) is 10.5. The molecule has 40 heavy (non-hydrogen) atoms. The molecule has 216 valence electrons. The molecule has 9 heteroatoms. The highest BCUT2D eigenvalue weighted by Crippen LogP contribution is 2.28. The summed E-state index contributed by atoms with van der Waals surface area (Å²) in [5.41, 5.74) is 3.33. The number of rotatable bonds is 9. The number of hydrogen-bond donors (Lipinski definition) is 2. The smallest absolute Gasteiger partial charge is 0.319 e. The van der Waals surface area contributed by atoms with Crippen LogP contribution in [0, 0.1) is 5.92 Å². The van der Waals surface area contributed by atoms with Gasteiger partial charge in [0.15, 0.2) is 0 Å². The van der Waals surface area contributed by atoms with E-state index in [4.69, 9.17) is 4.74 Å². The molecule has 0 spiro atoms. The standard InChI is InChI=1S/C31H45N7O2/c1-23(2)24-5-7-25(8-6-24)34-31(39)35-26-11-14-38(15-12-26)30-28-10-9-27(21-29(28)32-22-33-30)40-20-4-13-37-18-16-36(3)17-19-37/h5,7,9-10,21-23,26H,4,6,8,11-20H2,1-3H3,(H2,34,35,39). The van der Waals surface area contributed by atoms with E-state index in [9.17, 15) is 4.79 Å². The summed E-state index contributed by atoms with van der Waals surface area (Å²) >= 11 is 0. The fourth-order valence-corrected chi connectivity index (χ4v) is 5.76. The van der Waals surface area contributed by atoms with E-state index in [0.717, 1.165) is 106 Å². The van der Waals surface area contributed by atoms with Crippen LogP contribution >= 0.6 is 0 Å². The first-order chi connectivity index (χ1) is 19.4. The van der Waals surface area contributed by atoms with E-state index in [0.29, 0.717) is 12.5 Å². The van der Waals surface area contributed by atoms with E-state index >= 15 is 0 Å². The maximum atomic E-state index is 12.6. The zero-order valence-electron chi connectivity index (χ0n) is 24.4. The van der Waals surface area contributed by atoms with Gasteiger partial charge < -0.3 is 30.1 Å². The van der Waals surface area contributed by atoms with Crippen molar-refractivity contribution < 1.29 is 9.53 Å². The molecule has 3 heterocycles. The van der Waals surface area contributed by atoms with E-state index < -0.39 is 0 Å². The van der Waals surface area contributed by atoms with Crippen molar-refractivity contribution in [3.05, 3.63) is 47.9 Å². The fraction of sp³-hybridized carbons (Fsp3) is 0.581. The maximum Gasteiger partial charge on any atom is 0.319 e. The Kier molecular flexibility index (Phi) is 9.54. The molecule has 0 saturated carbocycles. The normalized spacial score (nSPS) is 19.4. The van der Waals surface area contributed by atoms with E-state index in [1.165, 1.54) is 5.57 Å². The van der Waals surface area contributed by atoms with E-state index in [1.54, 1.807) is 6.33 Å². The number of amides is 2. The number of likely N-dealkylation sites (N-methyl/N-ethyl adjacent to an activating group) is 1. The van der Waals surface area contributed by atoms with Crippen LogP contribution in [0.25, 0.3) is 10.9 Å². The van der Waals surface area contributed by atoms with Gasteiger partial charge in [-0.25, -0.2) is 14.8 Å². The van der Waals surface area contributed by atoms with E-state index in [1.807, 2.05) is 18.2 Å². The first-order valence-electron chi connectivity index (χ1n) is 14.9. The molecule has 1 aliphatic carbocycles. The van der Waals surface area contributed by atoms with Crippen LogP contribution in [0.5, 0.6) is 5.75 Å². The molecule has 2 aliphatic heterocycles. The van der Waals surface area contributed by atoms with Gasteiger partial charge in [-0.2, -0.15) is 0 Å². The van der Waals surface area contributed by atoms with Crippen LogP contribution in [0.1, 0.15) is 46.0 Å². The quantitative estimate of drug-likeness (QED) is 0.456. The lowest BCUT2D eigenvalue weighted by molar-refractivity contribution is 0.145. The molecule has 2 fully saturated rings. The molecule has 0 unspecified atom stereocenters. The summed E-state index contributed by atoms with van der Waals surface area (Å²) in [4.78, 5) is 29.0. The number of piperidine rings is 1. The van der Waals surface area contributed by atoms with E-state index in [-0.39, 0.29) is 12.1 Å². The van der Waals surface area contributed by atoms with Crippen LogP contribution in [0.3, 0.4) is 0 Å². The number of nitrogens with zero attached hydrogens (tertiary/aromatic N) is 5. The van der Waals surface area contributed by atoms with Gasteiger partial charge in [-0.1, -0.05) is 25.5 Å². The SMILES string of the molecule is CC(C)C1=CC=C(NC(=O)NC2CCN(c3ncnc4cc(OCCCN5CCN(C)CC5)ccc34)CC2)CC1. The van der Waals surface area contributed by atoms with Crippen LogP contribution in [-0.4, -0.2) is 91.3 Å². The van der Waals surface area contributed by atoms with Crippen LogP contribution in [0.2, 0.25) is 0 Å². The molecule has 9 nitrogen and oxygen atoms in total. The number of aromatic nitrogens is 2. The number of urea groups is 1. The second-order valence-corrected chi connectivity index (χ2v) is 11.7. The summed E-state index contributed by atoms with van der Waals surface area (Å²) in [5, 5.41) is 7.26. The Labute approximate surface area is 238 Å². The van der Waals surface area contributed by atoms with Gasteiger partial charge in [-0.15, -0.1) is 0 Å². The number of benzene rings is 1. The molecular formula is C31H45N7O2. The molecule has 1 aromatic heterocycles. The lowest BCUT2D eigenvalue weighted by Gasteiger charge is -2.33. The van der Waals surface area contributed by atoms with Crippen LogP contribution < -0.4 is 20.3 Å². The molecule has 0 radical (unpaired) electrons. The average Bonchev–Trinajstić information content (AvgIpc) is 2.96. The summed E-state index contributed by atoms with van der Waals surface area (Å²) in [5.74, 6) is 2.37. The Bertz CT molecular complexity index is 1210. The highest BCUT2D eigenvalue weighted by Gasteiger charge is 2.23. The van der Waals surface area contributed by atoms with Crippen molar-refractivity contribution >= 4 is 22.8 Å². The van der Waals surface area contributed by atoms with Crippen LogP contribution in [-0.2, 0) is 0 Å². The second kappa shape index (κ2) is 13.5. The van der Waals surface area contributed by atoms with Crippen molar-refractivity contribution in [2.24, 2.45) is 5.92 Å². The van der Waals surface area contributed by atoms with Crippen molar-refractivity contribution in [1.29, 1.82) is 0 Å². The van der Waals surface area contributed by atoms with Crippen LogP contribution in [0.4, 0.5) is 10.6 Å². The zero-order chi connectivity index (χ0) is 27.9. The molecule has 5 rings (SSSR count). The minimum Gasteiger partial charge on any atom is -0.493 e. The first kappa shape index (κ1) is 28.4. The fourth-order valence-electron chi connectivity index (χ4n) is 5.76. The topological polar surface area (TPSA) is 85.9 Å². The number of fused-ring (bicyclic) bond motifs is 1. The highest BCUT2D eigenvalue weighted by atomic mass is 16.5. The molecule has 0 atom stereocenters. The van der Waals surface area contributed by atoms with Crippen molar-refractivity contribution in [3.63, 3.8) is 0 Å². The lowest BCUT2D eigenvalue weighted by Crippen LogP contribution is -2.48. The van der Waals surface area contributed by atoms with Gasteiger partial charge in [-0.05, 0) is 63.3 Å². The van der Waals surface area contributed by atoms with Crippen molar-refractivity contribution in [3.8, 4) is 5.75 Å². The van der Waals surface area contributed by atoms with Gasteiger partial charge in [0.05, 0.1) is 12.1 Å². The number of anilines is 1. The number of nitrogens with one attached hydrogen (secondary N) is 2. The minimum atomic E-state index is -0.102. The zero-order valence-corrected chi connectivity index (χ0v) is 24.4. The summed E-state index contributed by atoms with van der Waals surface area (Å²) in [6.45, 7) is 12.5. The molecule has 2 N–H and O–H groups in total. The second-order valence-electron chi connectivity index (χ2n) is 11.7. The maximum absolute atomic E-state index is 12.6. The van der Waals surface area contributed by atoms with Gasteiger partial charge in [0.1, 0.15) is 17.9 Å². The summed E-state index contributed by atoms with van der Waals surface area (Å²) in [7, 11) is 2.19. The Morgan fingerprint density at radius 3 is 2.58 bits per heavy atom. The molecule has 2 aromatic rings. The summed E-state index contributed by atoms with van der Waals surface area (Å²) < 4.78 is 6.07.